The summed E-state index contributed by atoms with van der Waals surface area (Å²) in [5.74, 6) is 1.98. The molecule has 0 saturated heterocycles. The first kappa shape index (κ1) is 19.5. The van der Waals surface area contributed by atoms with Crippen molar-refractivity contribution in [2.24, 2.45) is 0 Å². The third-order valence-electron chi connectivity index (χ3n) is 4.54. The molecule has 3 aromatic rings. The van der Waals surface area contributed by atoms with E-state index in [1.165, 1.54) is 23.7 Å². The first-order valence-corrected chi connectivity index (χ1v) is 12.5. The summed E-state index contributed by atoms with van der Waals surface area (Å²) in [5.41, 5.74) is 0. The van der Waals surface area contributed by atoms with Crippen molar-refractivity contribution in [2.75, 3.05) is 18.6 Å². The minimum atomic E-state index is -3.37. The lowest BCUT2D eigenvalue weighted by atomic mass is 10.3. The third kappa shape index (κ3) is 4.42. The van der Waals surface area contributed by atoms with E-state index in [-0.39, 0.29) is 10.6 Å². The SMILES string of the molecule is COc1cccc(S(=O)(=O)CCSc2nnc(Cc3cccs3)n2C2CC2)c1. The molecule has 9 heteroatoms. The van der Waals surface area contributed by atoms with Crippen LogP contribution in [0, 0.1) is 0 Å². The van der Waals surface area contributed by atoms with Crippen LogP contribution < -0.4 is 4.74 Å². The lowest BCUT2D eigenvalue weighted by Crippen LogP contribution is -2.10. The first-order valence-electron chi connectivity index (χ1n) is 9.02. The minimum absolute atomic E-state index is 0.0443. The van der Waals surface area contributed by atoms with Crippen molar-refractivity contribution in [1.29, 1.82) is 0 Å². The molecule has 1 aliphatic rings. The zero-order valence-corrected chi connectivity index (χ0v) is 17.9. The largest absolute Gasteiger partial charge is 0.497 e. The molecule has 0 aliphatic heterocycles. The number of sulfone groups is 1. The van der Waals surface area contributed by atoms with E-state index < -0.39 is 9.84 Å². The molecule has 4 rings (SSSR count). The summed E-state index contributed by atoms with van der Waals surface area (Å²) in [7, 11) is -1.84. The average molecular weight is 436 g/mol. The Morgan fingerprint density at radius 3 is 2.82 bits per heavy atom. The molecule has 0 radical (unpaired) electrons. The first-order chi connectivity index (χ1) is 13.6. The highest BCUT2D eigenvalue weighted by Crippen LogP contribution is 2.39. The molecule has 0 bridgehead atoms. The molecule has 6 nitrogen and oxygen atoms in total. The summed E-state index contributed by atoms with van der Waals surface area (Å²) < 4.78 is 32.6. The van der Waals surface area contributed by atoms with Crippen molar-refractivity contribution < 1.29 is 13.2 Å². The Bertz CT molecular complexity index is 1040. The van der Waals surface area contributed by atoms with Gasteiger partial charge in [-0.25, -0.2) is 8.42 Å². The van der Waals surface area contributed by atoms with Gasteiger partial charge in [-0.3, -0.25) is 0 Å². The highest BCUT2D eigenvalue weighted by atomic mass is 32.2. The van der Waals surface area contributed by atoms with Gasteiger partial charge in [0.05, 0.1) is 17.8 Å². The molecule has 0 amide bonds. The molecule has 2 heterocycles. The predicted octanol–water partition coefficient (Wildman–Crippen LogP) is 3.84. The van der Waals surface area contributed by atoms with Crippen molar-refractivity contribution in [2.45, 2.75) is 35.4 Å². The fourth-order valence-electron chi connectivity index (χ4n) is 2.95. The second kappa shape index (κ2) is 8.26. The van der Waals surface area contributed by atoms with Crippen LogP contribution >= 0.6 is 23.1 Å². The highest BCUT2D eigenvalue weighted by molar-refractivity contribution is 8.00. The van der Waals surface area contributed by atoms with Crippen LogP contribution in [0.2, 0.25) is 0 Å². The van der Waals surface area contributed by atoms with Crippen LogP contribution in [-0.2, 0) is 16.3 Å². The summed E-state index contributed by atoms with van der Waals surface area (Å²) in [5, 5.41) is 11.6. The van der Waals surface area contributed by atoms with Crippen molar-refractivity contribution in [3.8, 4) is 5.75 Å². The Hall–Kier alpha value is -1.84. The van der Waals surface area contributed by atoms with Gasteiger partial charge in [0.2, 0.25) is 0 Å². The van der Waals surface area contributed by atoms with Crippen LogP contribution in [-0.4, -0.2) is 41.8 Å². The monoisotopic (exact) mass is 435 g/mol. The maximum Gasteiger partial charge on any atom is 0.191 e. The van der Waals surface area contributed by atoms with E-state index in [1.54, 1.807) is 35.6 Å². The minimum Gasteiger partial charge on any atom is -0.497 e. The van der Waals surface area contributed by atoms with E-state index in [1.807, 2.05) is 6.07 Å². The van der Waals surface area contributed by atoms with Crippen molar-refractivity contribution in [3.05, 3.63) is 52.5 Å². The summed E-state index contributed by atoms with van der Waals surface area (Å²) in [6.07, 6.45) is 3.03. The summed E-state index contributed by atoms with van der Waals surface area (Å²) in [6, 6.07) is 11.2. The van der Waals surface area contributed by atoms with Crippen LogP contribution in [0.5, 0.6) is 5.75 Å². The zero-order chi connectivity index (χ0) is 19.6. The number of aromatic nitrogens is 3. The summed E-state index contributed by atoms with van der Waals surface area (Å²) >= 11 is 3.17. The van der Waals surface area contributed by atoms with Gasteiger partial charge in [0.25, 0.3) is 0 Å². The van der Waals surface area contributed by atoms with Crippen LogP contribution in [0.25, 0.3) is 0 Å². The number of rotatable bonds is 9. The second-order valence-electron chi connectivity index (χ2n) is 6.60. The standard InChI is InChI=1S/C19H21N3O3S3/c1-25-15-4-2-6-17(12-15)28(23,24)11-10-27-19-21-20-18(22(19)14-7-8-14)13-16-5-3-9-26-16/h2-6,9,12,14H,7-8,10-11,13H2,1H3. The lowest BCUT2D eigenvalue weighted by Gasteiger charge is -2.09. The normalized spacial score (nSPS) is 14.3. The Morgan fingerprint density at radius 1 is 1.25 bits per heavy atom. The topological polar surface area (TPSA) is 74.1 Å². The van der Waals surface area contributed by atoms with Crippen molar-refractivity contribution in [1.82, 2.24) is 14.8 Å². The molecule has 1 aliphatic carbocycles. The molecule has 28 heavy (non-hydrogen) atoms. The highest BCUT2D eigenvalue weighted by Gasteiger charge is 2.30. The molecule has 0 spiro atoms. The van der Waals surface area contributed by atoms with E-state index in [9.17, 15) is 8.42 Å². The molecule has 0 N–H and O–H groups in total. The maximum absolute atomic E-state index is 12.6. The van der Waals surface area contributed by atoms with Crippen LogP contribution in [0.1, 0.15) is 29.6 Å². The number of thioether (sulfide) groups is 1. The molecule has 1 aromatic carbocycles. The molecule has 2 aromatic heterocycles. The van der Waals surface area contributed by atoms with E-state index in [0.717, 1.165) is 30.2 Å². The number of hydrogen-bond donors (Lipinski definition) is 0. The average Bonchev–Trinajstić information content (AvgIpc) is 3.25. The molecule has 0 atom stereocenters. The Kier molecular flexibility index (Phi) is 5.75. The molecular formula is C19H21N3O3S3. The summed E-state index contributed by atoms with van der Waals surface area (Å²) in [4.78, 5) is 1.54. The fraction of sp³-hybridized carbons (Fsp3) is 0.368. The van der Waals surface area contributed by atoms with Gasteiger partial charge >= 0.3 is 0 Å². The molecule has 148 valence electrons. The van der Waals surface area contributed by atoms with Gasteiger partial charge in [-0.15, -0.1) is 21.5 Å². The van der Waals surface area contributed by atoms with Crippen LogP contribution in [0.3, 0.4) is 0 Å². The third-order valence-corrected chi connectivity index (χ3v) is 8.34. The lowest BCUT2D eigenvalue weighted by molar-refractivity contribution is 0.413. The molecule has 0 unspecified atom stereocenters. The van der Waals surface area contributed by atoms with Gasteiger partial charge in [0.1, 0.15) is 11.6 Å². The molecule has 1 fully saturated rings. The number of benzene rings is 1. The fourth-order valence-corrected chi connectivity index (χ4v) is 6.35. The van der Waals surface area contributed by atoms with Crippen LogP contribution in [0.15, 0.2) is 51.8 Å². The zero-order valence-electron chi connectivity index (χ0n) is 15.4. The van der Waals surface area contributed by atoms with Gasteiger partial charge < -0.3 is 9.30 Å². The van der Waals surface area contributed by atoms with E-state index in [4.69, 9.17) is 4.74 Å². The molecule has 1 saturated carbocycles. The van der Waals surface area contributed by atoms with E-state index in [0.29, 0.717) is 17.5 Å². The van der Waals surface area contributed by atoms with Gasteiger partial charge in [-0.1, -0.05) is 23.9 Å². The van der Waals surface area contributed by atoms with Gasteiger partial charge in [-0.05, 0) is 42.5 Å². The smallest absolute Gasteiger partial charge is 0.191 e. The van der Waals surface area contributed by atoms with Gasteiger partial charge in [-0.2, -0.15) is 0 Å². The van der Waals surface area contributed by atoms with Crippen LogP contribution in [0.4, 0.5) is 0 Å². The number of ether oxygens (including phenoxy) is 1. The predicted molar refractivity (Wildman–Crippen MR) is 111 cm³/mol. The number of methoxy groups -OCH3 is 1. The number of nitrogens with zero attached hydrogens (tertiary/aromatic N) is 3. The van der Waals surface area contributed by atoms with Gasteiger partial charge in [0.15, 0.2) is 15.0 Å². The van der Waals surface area contributed by atoms with Crippen molar-refractivity contribution >= 4 is 32.9 Å². The quantitative estimate of drug-likeness (QED) is 0.476. The van der Waals surface area contributed by atoms with E-state index in [2.05, 4.69) is 26.2 Å². The number of thiophene rings is 1. The Labute approximate surface area is 172 Å². The Balaban J connectivity index is 1.44. The maximum atomic E-state index is 12.6. The molecular weight excluding hydrogens is 414 g/mol. The van der Waals surface area contributed by atoms with E-state index >= 15 is 0 Å². The Morgan fingerprint density at radius 2 is 2.11 bits per heavy atom. The van der Waals surface area contributed by atoms with Gasteiger partial charge in [0, 0.05) is 23.1 Å². The van der Waals surface area contributed by atoms with Crippen molar-refractivity contribution in [3.63, 3.8) is 0 Å². The second-order valence-corrected chi connectivity index (χ2v) is 10.8. The number of hydrogen-bond acceptors (Lipinski definition) is 7. The summed E-state index contributed by atoms with van der Waals surface area (Å²) in [6.45, 7) is 0.